The fourth-order valence-electron chi connectivity index (χ4n) is 4.79. The quantitative estimate of drug-likeness (QED) is 0.656. The molecule has 2 fully saturated rings. The molecule has 182 valence electrons. The average molecular weight is 477 g/mol. The number of carbonyl (C=O) groups is 4. The molecule has 2 aromatic rings. The van der Waals surface area contributed by atoms with Gasteiger partial charge in [0, 0.05) is 49.3 Å². The lowest BCUT2D eigenvalue weighted by atomic mass is 10.0. The van der Waals surface area contributed by atoms with Gasteiger partial charge in [-0.1, -0.05) is 18.2 Å². The van der Waals surface area contributed by atoms with Gasteiger partial charge in [0.25, 0.3) is 11.8 Å². The minimum Gasteiger partial charge on any atom is -0.489 e. The molecule has 2 saturated heterocycles. The maximum Gasteiger partial charge on any atom is 0.255 e. The van der Waals surface area contributed by atoms with Gasteiger partial charge in [-0.2, -0.15) is 0 Å². The zero-order valence-corrected chi connectivity index (χ0v) is 19.7. The first-order valence-electron chi connectivity index (χ1n) is 11.9. The second-order valence-corrected chi connectivity index (χ2v) is 9.26. The summed E-state index contributed by atoms with van der Waals surface area (Å²) in [4.78, 5) is 55.1. The molecule has 0 saturated carbocycles. The van der Waals surface area contributed by atoms with Crippen LogP contribution in [0.25, 0.3) is 0 Å². The van der Waals surface area contributed by atoms with Crippen molar-refractivity contribution in [3.05, 3.63) is 64.7 Å². The van der Waals surface area contributed by atoms with E-state index in [9.17, 15) is 19.2 Å². The Morgan fingerprint density at radius 1 is 1.03 bits per heavy atom. The molecule has 5 rings (SSSR count). The minimum absolute atomic E-state index is 0.0403. The number of nitrogens with one attached hydrogen (secondary N) is 1. The van der Waals surface area contributed by atoms with Crippen LogP contribution in [-0.4, -0.2) is 77.6 Å². The van der Waals surface area contributed by atoms with E-state index in [0.717, 1.165) is 37.3 Å². The van der Waals surface area contributed by atoms with E-state index in [1.807, 2.05) is 35.2 Å². The third-order valence-corrected chi connectivity index (χ3v) is 6.92. The predicted octanol–water partition coefficient (Wildman–Crippen LogP) is 1.41. The van der Waals surface area contributed by atoms with Crippen molar-refractivity contribution in [2.24, 2.45) is 0 Å². The third kappa shape index (κ3) is 4.64. The Kier molecular flexibility index (Phi) is 6.25. The number of rotatable bonds is 5. The Morgan fingerprint density at radius 3 is 2.49 bits per heavy atom. The SMILES string of the molecule is CN1CCN(C(=O)c2ccc(COc3cccc4c3CN(C3CCC(=O)NC3=O)C4=O)cc2)CC1. The molecule has 0 spiro atoms. The molecule has 1 unspecified atom stereocenters. The van der Waals surface area contributed by atoms with Crippen molar-refractivity contribution in [3.63, 3.8) is 0 Å². The largest absolute Gasteiger partial charge is 0.489 e. The smallest absolute Gasteiger partial charge is 0.255 e. The summed E-state index contributed by atoms with van der Waals surface area (Å²) in [6, 6.07) is 12.1. The summed E-state index contributed by atoms with van der Waals surface area (Å²) < 4.78 is 6.06. The molecule has 3 aliphatic heterocycles. The number of nitrogens with zero attached hydrogens (tertiary/aromatic N) is 3. The molecule has 0 aromatic heterocycles. The van der Waals surface area contributed by atoms with Gasteiger partial charge in [-0.15, -0.1) is 0 Å². The van der Waals surface area contributed by atoms with Crippen molar-refractivity contribution in [2.75, 3.05) is 33.2 Å². The highest BCUT2D eigenvalue weighted by Crippen LogP contribution is 2.34. The molecule has 0 radical (unpaired) electrons. The average Bonchev–Trinajstić information content (AvgIpc) is 3.20. The number of imide groups is 1. The number of fused-ring (bicyclic) bond motifs is 1. The van der Waals surface area contributed by atoms with E-state index >= 15 is 0 Å². The van der Waals surface area contributed by atoms with Crippen LogP contribution in [0.15, 0.2) is 42.5 Å². The number of piperidine rings is 1. The summed E-state index contributed by atoms with van der Waals surface area (Å²) in [5.41, 5.74) is 2.82. The summed E-state index contributed by atoms with van der Waals surface area (Å²) >= 11 is 0. The summed E-state index contributed by atoms with van der Waals surface area (Å²) in [5.74, 6) is -0.347. The van der Waals surface area contributed by atoms with Gasteiger partial charge in [-0.25, -0.2) is 0 Å². The van der Waals surface area contributed by atoms with Crippen molar-refractivity contribution >= 4 is 23.6 Å². The number of likely N-dealkylation sites (N-methyl/N-ethyl adjacent to an activating group) is 1. The van der Waals surface area contributed by atoms with Gasteiger partial charge in [0.15, 0.2) is 0 Å². The van der Waals surface area contributed by atoms with Gasteiger partial charge in [-0.3, -0.25) is 24.5 Å². The summed E-state index contributed by atoms with van der Waals surface area (Å²) in [6.45, 7) is 3.76. The van der Waals surface area contributed by atoms with E-state index in [2.05, 4.69) is 17.3 Å². The number of piperazine rings is 1. The Balaban J connectivity index is 1.23. The van der Waals surface area contributed by atoms with Crippen molar-refractivity contribution in [3.8, 4) is 5.75 Å². The molecular formula is C26H28N4O5. The molecule has 35 heavy (non-hydrogen) atoms. The standard InChI is InChI=1S/C26H28N4O5/c1-28-11-13-29(14-12-28)25(33)18-7-5-17(6-8-18)16-35-22-4-2-3-19-20(22)15-30(26(19)34)21-9-10-23(31)27-24(21)32/h2-8,21H,9-16H2,1H3,(H,27,31,32). The van der Waals surface area contributed by atoms with Crippen LogP contribution >= 0.6 is 0 Å². The lowest BCUT2D eigenvalue weighted by Gasteiger charge is -2.32. The maximum atomic E-state index is 13.0. The highest BCUT2D eigenvalue weighted by molar-refractivity contribution is 6.05. The molecule has 9 nitrogen and oxygen atoms in total. The number of amides is 4. The van der Waals surface area contributed by atoms with Gasteiger partial charge < -0.3 is 19.4 Å². The summed E-state index contributed by atoms with van der Waals surface area (Å²) in [6.07, 6.45) is 0.535. The van der Waals surface area contributed by atoms with Gasteiger partial charge in [0.1, 0.15) is 18.4 Å². The summed E-state index contributed by atoms with van der Waals surface area (Å²) in [5, 5.41) is 2.32. The van der Waals surface area contributed by atoms with Gasteiger partial charge in [0.2, 0.25) is 11.8 Å². The second-order valence-electron chi connectivity index (χ2n) is 9.26. The van der Waals surface area contributed by atoms with Crippen molar-refractivity contribution < 1.29 is 23.9 Å². The first-order valence-corrected chi connectivity index (χ1v) is 11.9. The first kappa shape index (κ1) is 23.0. The van der Waals surface area contributed by atoms with E-state index in [-0.39, 0.29) is 37.3 Å². The van der Waals surface area contributed by atoms with Crippen molar-refractivity contribution in [1.82, 2.24) is 20.0 Å². The molecule has 2 aromatic carbocycles. The number of benzene rings is 2. The topological polar surface area (TPSA) is 99.3 Å². The zero-order valence-electron chi connectivity index (χ0n) is 19.7. The predicted molar refractivity (Wildman–Crippen MR) is 127 cm³/mol. The van der Waals surface area contributed by atoms with Gasteiger partial charge in [0.05, 0.1) is 6.54 Å². The minimum atomic E-state index is -0.661. The van der Waals surface area contributed by atoms with Crippen molar-refractivity contribution in [1.29, 1.82) is 0 Å². The number of hydrogen-bond donors (Lipinski definition) is 1. The highest BCUT2D eigenvalue weighted by Gasteiger charge is 2.40. The second kappa shape index (κ2) is 9.50. The van der Waals surface area contributed by atoms with E-state index in [1.165, 1.54) is 4.90 Å². The lowest BCUT2D eigenvalue weighted by molar-refractivity contribution is -0.136. The van der Waals surface area contributed by atoms with Crippen LogP contribution in [0.5, 0.6) is 5.75 Å². The van der Waals surface area contributed by atoms with E-state index in [1.54, 1.807) is 12.1 Å². The van der Waals surface area contributed by atoms with Crippen LogP contribution in [0.2, 0.25) is 0 Å². The number of carbonyl (C=O) groups excluding carboxylic acids is 4. The van der Waals surface area contributed by atoms with E-state index in [0.29, 0.717) is 23.3 Å². The molecule has 4 amide bonds. The lowest BCUT2D eigenvalue weighted by Crippen LogP contribution is -2.52. The fourth-order valence-corrected chi connectivity index (χ4v) is 4.79. The van der Waals surface area contributed by atoms with Crippen LogP contribution in [0.3, 0.4) is 0 Å². The first-order chi connectivity index (χ1) is 16.9. The van der Waals surface area contributed by atoms with E-state index < -0.39 is 11.9 Å². The maximum absolute atomic E-state index is 13.0. The Hall–Kier alpha value is -3.72. The highest BCUT2D eigenvalue weighted by atomic mass is 16.5. The van der Waals surface area contributed by atoms with E-state index in [4.69, 9.17) is 4.74 Å². The normalized spacial score (nSPS) is 20.6. The zero-order chi connectivity index (χ0) is 24.5. The molecule has 1 atom stereocenters. The van der Waals surface area contributed by atoms with Crippen LogP contribution in [0.1, 0.15) is 44.7 Å². The fraction of sp³-hybridized carbons (Fsp3) is 0.385. The summed E-state index contributed by atoms with van der Waals surface area (Å²) in [7, 11) is 2.06. The molecule has 9 heteroatoms. The Labute approximate surface area is 203 Å². The third-order valence-electron chi connectivity index (χ3n) is 6.92. The molecule has 3 heterocycles. The van der Waals surface area contributed by atoms with Crippen molar-refractivity contribution in [2.45, 2.75) is 32.0 Å². The van der Waals surface area contributed by atoms with Crippen LogP contribution in [0.4, 0.5) is 0 Å². The Morgan fingerprint density at radius 2 is 1.77 bits per heavy atom. The molecule has 0 aliphatic carbocycles. The van der Waals surface area contributed by atoms with Gasteiger partial charge in [-0.05, 0) is 43.3 Å². The van der Waals surface area contributed by atoms with Crippen LogP contribution < -0.4 is 10.1 Å². The monoisotopic (exact) mass is 476 g/mol. The molecular weight excluding hydrogens is 448 g/mol. The Bertz CT molecular complexity index is 1170. The molecule has 1 N–H and O–H groups in total. The molecule has 0 bridgehead atoms. The number of ether oxygens (including phenoxy) is 1. The number of hydrogen-bond acceptors (Lipinski definition) is 6. The van der Waals surface area contributed by atoms with Crippen LogP contribution in [0, 0.1) is 0 Å². The van der Waals surface area contributed by atoms with Gasteiger partial charge >= 0.3 is 0 Å². The van der Waals surface area contributed by atoms with Crippen LogP contribution in [-0.2, 0) is 22.7 Å². The molecule has 3 aliphatic rings.